The Hall–Kier alpha value is -1.27. The van der Waals surface area contributed by atoms with Gasteiger partial charge in [-0.05, 0) is 19.1 Å². The summed E-state index contributed by atoms with van der Waals surface area (Å²) in [6, 6.07) is 5.53. The normalized spacial score (nSPS) is 13.5. The first kappa shape index (κ1) is 16.1. The highest BCUT2D eigenvalue weighted by Gasteiger charge is 2.17. The summed E-state index contributed by atoms with van der Waals surface area (Å²) in [5, 5.41) is -0.298. The summed E-state index contributed by atoms with van der Waals surface area (Å²) < 4.78 is 30.5. The second-order valence-electron chi connectivity index (χ2n) is 4.83. The van der Waals surface area contributed by atoms with Gasteiger partial charge in [-0.25, -0.2) is 13.4 Å². The molecule has 21 heavy (non-hydrogen) atoms. The highest BCUT2D eigenvalue weighted by Crippen LogP contribution is 2.27. The Morgan fingerprint density at radius 3 is 2.71 bits per heavy atom. The van der Waals surface area contributed by atoms with E-state index in [-0.39, 0.29) is 16.9 Å². The minimum absolute atomic E-state index is 0.0810. The van der Waals surface area contributed by atoms with E-state index in [9.17, 15) is 8.42 Å². The molecule has 0 aliphatic heterocycles. The van der Waals surface area contributed by atoms with Crippen molar-refractivity contribution in [2.24, 2.45) is 0 Å². The number of ether oxygens (including phenoxy) is 1. The van der Waals surface area contributed by atoms with Gasteiger partial charge in [0.25, 0.3) is 0 Å². The Kier molecular flexibility index (Phi) is 4.78. The zero-order valence-corrected chi connectivity index (χ0v) is 13.9. The molecule has 0 fully saturated rings. The molecule has 0 aliphatic carbocycles. The van der Waals surface area contributed by atoms with Crippen LogP contribution in [0, 0.1) is 0 Å². The molecule has 0 aliphatic rings. The van der Waals surface area contributed by atoms with Crippen LogP contribution in [-0.2, 0) is 16.4 Å². The number of rotatable bonds is 6. The van der Waals surface area contributed by atoms with E-state index < -0.39 is 9.84 Å². The maximum absolute atomic E-state index is 11.7. The second-order valence-corrected chi connectivity index (χ2v) is 7.96. The molecule has 0 amide bonds. The third-order valence-corrected chi connectivity index (χ3v) is 5.29. The molecule has 0 radical (unpaired) electrons. The Morgan fingerprint density at radius 1 is 1.43 bits per heavy atom. The molecule has 5 nitrogen and oxygen atoms in total. The quantitative estimate of drug-likeness (QED) is 0.764. The predicted octanol–water partition coefficient (Wildman–Crippen LogP) is 2.78. The number of aryl methyl sites for hydroxylation is 1. The van der Waals surface area contributed by atoms with E-state index in [0.29, 0.717) is 18.1 Å². The van der Waals surface area contributed by atoms with Crippen LogP contribution in [0.5, 0.6) is 5.75 Å². The minimum atomic E-state index is -3.04. The lowest BCUT2D eigenvalue weighted by molar-refractivity contribution is 0.415. The number of hydrogen-bond acceptors (Lipinski definition) is 4. The summed E-state index contributed by atoms with van der Waals surface area (Å²) in [5.74, 6) is 1.60. The van der Waals surface area contributed by atoms with Gasteiger partial charge in [-0.1, -0.05) is 6.92 Å². The summed E-state index contributed by atoms with van der Waals surface area (Å²) >= 11 is 6.17. The summed E-state index contributed by atoms with van der Waals surface area (Å²) in [7, 11) is -1.44. The van der Waals surface area contributed by atoms with Crippen LogP contribution in [0.3, 0.4) is 0 Å². The molecular formula is C14H19ClN2O3S. The number of halogens is 1. The van der Waals surface area contributed by atoms with Gasteiger partial charge in [-0.15, -0.1) is 11.6 Å². The smallest absolute Gasteiger partial charge is 0.151 e. The lowest BCUT2D eigenvalue weighted by atomic mass is 10.3. The molecule has 0 N–H and O–H groups in total. The Morgan fingerprint density at radius 2 is 2.14 bits per heavy atom. The Labute approximate surface area is 129 Å². The van der Waals surface area contributed by atoms with Gasteiger partial charge in [-0.2, -0.15) is 0 Å². The SMILES string of the molecule is CCS(=O)(=O)CCn1c(C(C)Cl)nc2cc(OC)ccc21. The van der Waals surface area contributed by atoms with Crippen molar-refractivity contribution in [2.45, 2.75) is 25.8 Å². The van der Waals surface area contributed by atoms with Crippen LogP contribution in [0.1, 0.15) is 25.0 Å². The molecule has 0 saturated carbocycles. The molecular weight excluding hydrogens is 312 g/mol. The van der Waals surface area contributed by atoms with Gasteiger partial charge in [0, 0.05) is 18.4 Å². The fourth-order valence-corrected chi connectivity index (χ4v) is 3.08. The number of sulfone groups is 1. The van der Waals surface area contributed by atoms with E-state index in [1.165, 1.54) is 0 Å². The molecule has 7 heteroatoms. The lowest BCUT2D eigenvalue weighted by Gasteiger charge is -2.10. The molecule has 1 unspecified atom stereocenters. The van der Waals surface area contributed by atoms with Crippen LogP contribution in [0.25, 0.3) is 11.0 Å². The van der Waals surface area contributed by atoms with Crippen molar-refractivity contribution < 1.29 is 13.2 Å². The molecule has 1 aromatic heterocycles. The Balaban J connectivity index is 2.46. The molecule has 0 spiro atoms. The van der Waals surface area contributed by atoms with Crippen molar-refractivity contribution in [1.29, 1.82) is 0 Å². The molecule has 1 aromatic carbocycles. The standard InChI is InChI=1S/C14H19ClN2O3S/c1-4-21(18,19)8-7-17-13-6-5-11(20-3)9-12(13)16-14(17)10(2)15/h5-6,9-10H,4,7-8H2,1-3H3. The first-order valence-electron chi connectivity index (χ1n) is 6.76. The average molecular weight is 331 g/mol. The fraction of sp³-hybridized carbons (Fsp3) is 0.500. The zero-order chi connectivity index (χ0) is 15.6. The van der Waals surface area contributed by atoms with E-state index >= 15 is 0 Å². The molecule has 116 valence electrons. The van der Waals surface area contributed by atoms with Crippen molar-refractivity contribution in [3.8, 4) is 5.75 Å². The molecule has 0 bridgehead atoms. The molecule has 2 aromatic rings. The Bertz CT molecular complexity index is 738. The number of fused-ring (bicyclic) bond motifs is 1. The minimum Gasteiger partial charge on any atom is -0.497 e. The third kappa shape index (κ3) is 3.49. The predicted molar refractivity (Wildman–Crippen MR) is 84.9 cm³/mol. The van der Waals surface area contributed by atoms with Gasteiger partial charge in [0.05, 0.1) is 29.3 Å². The van der Waals surface area contributed by atoms with Crippen LogP contribution in [0.15, 0.2) is 18.2 Å². The number of nitrogens with zero attached hydrogens (tertiary/aromatic N) is 2. The largest absolute Gasteiger partial charge is 0.497 e. The monoisotopic (exact) mass is 330 g/mol. The van der Waals surface area contributed by atoms with E-state index in [2.05, 4.69) is 4.98 Å². The van der Waals surface area contributed by atoms with Gasteiger partial charge in [0.1, 0.15) is 11.6 Å². The maximum Gasteiger partial charge on any atom is 0.151 e. The summed E-state index contributed by atoms with van der Waals surface area (Å²) in [6.07, 6.45) is 0. The zero-order valence-electron chi connectivity index (χ0n) is 12.3. The number of methoxy groups -OCH3 is 1. The van der Waals surface area contributed by atoms with Gasteiger partial charge in [0.15, 0.2) is 9.84 Å². The number of alkyl halides is 1. The van der Waals surface area contributed by atoms with Crippen LogP contribution in [-0.4, -0.2) is 36.6 Å². The maximum atomic E-state index is 11.7. The van der Waals surface area contributed by atoms with Crippen LogP contribution in [0.4, 0.5) is 0 Å². The first-order valence-corrected chi connectivity index (χ1v) is 9.02. The van der Waals surface area contributed by atoms with Gasteiger partial charge in [-0.3, -0.25) is 0 Å². The van der Waals surface area contributed by atoms with Crippen LogP contribution in [0.2, 0.25) is 0 Å². The number of benzene rings is 1. The van der Waals surface area contributed by atoms with Crippen molar-refractivity contribution >= 4 is 32.5 Å². The van der Waals surface area contributed by atoms with E-state index in [0.717, 1.165) is 11.0 Å². The summed E-state index contributed by atoms with van der Waals surface area (Å²) in [4.78, 5) is 4.50. The van der Waals surface area contributed by atoms with Crippen molar-refractivity contribution in [2.75, 3.05) is 18.6 Å². The molecule has 1 atom stereocenters. The number of hydrogen-bond donors (Lipinski definition) is 0. The highest BCUT2D eigenvalue weighted by molar-refractivity contribution is 7.91. The average Bonchev–Trinajstić information content (AvgIpc) is 2.83. The molecule has 1 heterocycles. The first-order chi connectivity index (χ1) is 9.88. The van der Waals surface area contributed by atoms with Crippen molar-refractivity contribution in [1.82, 2.24) is 9.55 Å². The lowest BCUT2D eigenvalue weighted by Crippen LogP contribution is -2.16. The second kappa shape index (κ2) is 6.23. The highest BCUT2D eigenvalue weighted by atomic mass is 35.5. The van der Waals surface area contributed by atoms with Gasteiger partial charge >= 0.3 is 0 Å². The van der Waals surface area contributed by atoms with Crippen molar-refractivity contribution in [3.63, 3.8) is 0 Å². The van der Waals surface area contributed by atoms with Crippen LogP contribution < -0.4 is 4.74 Å². The summed E-state index contributed by atoms with van der Waals surface area (Å²) in [5.41, 5.74) is 1.62. The van der Waals surface area contributed by atoms with E-state index in [1.807, 2.05) is 29.7 Å². The van der Waals surface area contributed by atoms with Crippen molar-refractivity contribution in [3.05, 3.63) is 24.0 Å². The third-order valence-electron chi connectivity index (χ3n) is 3.41. The number of imidazole rings is 1. The van der Waals surface area contributed by atoms with E-state index in [1.54, 1.807) is 14.0 Å². The summed E-state index contributed by atoms with van der Waals surface area (Å²) in [6.45, 7) is 3.83. The van der Waals surface area contributed by atoms with Crippen LogP contribution >= 0.6 is 11.6 Å². The van der Waals surface area contributed by atoms with Gasteiger partial charge in [0.2, 0.25) is 0 Å². The molecule has 2 rings (SSSR count). The topological polar surface area (TPSA) is 61.2 Å². The van der Waals surface area contributed by atoms with Gasteiger partial charge < -0.3 is 9.30 Å². The molecule has 0 saturated heterocycles. The number of aromatic nitrogens is 2. The van der Waals surface area contributed by atoms with E-state index in [4.69, 9.17) is 16.3 Å². The fourth-order valence-electron chi connectivity index (χ4n) is 2.17.